The average Bonchev–Trinajstić information content (AvgIpc) is 3.52. The molecule has 34 heavy (non-hydrogen) atoms. The Labute approximate surface area is 198 Å². The molecule has 2 saturated heterocycles. The molecule has 3 aromatic rings. The Hall–Kier alpha value is -3.20. The molecule has 2 aromatic heterocycles. The van der Waals surface area contributed by atoms with Crippen LogP contribution in [0.25, 0.3) is 22.3 Å². The van der Waals surface area contributed by atoms with Gasteiger partial charge >= 0.3 is 6.09 Å². The van der Waals surface area contributed by atoms with Gasteiger partial charge in [-0.2, -0.15) is 5.10 Å². The molecule has 6 rings (SSSR count). The highest BCUT2D eigenvalue weighted by Crippen LogP contribution is 2.40. The fourth-order valence-corrected chi connectivity index (χ4v) is 5.91. The van der Waals surface area contributed by atoms with Gasteiger partial charge in [0.25, 0.3) is 0 Å². The second-order valence-electron chi connectivity index (χ2n) is 10.1. The number of carbonyl (C=O) groups is 1. The summed E-state index contributed by atoms with van der Waals surface area (Å²) in [6.07, 6.45) is 10.2. The number of piperazine rings is 1. The van der Waals surface area contributed by atoms with Gasteiger partial charge in [-0.3, -0.25) is 14.6 Å². The molecule has 1 saturated carbocycles. The molecule has 9 nitrogen and oxygen atoms in total. The fraction of sp³-hybridized carbons (Fsp3) is 0.520. The molecule has 4 heterocycles. The number of hydrogen-bond donors (Lipinski definition) is 2. The summed E-state index contributed by atoms with van der Waals surface area (Å²) in [5.41, 5.74) is 4.94. The highest BCUT2D eigenvalue weighted by molar-refractivity contribution is 5.81. The molecule has 2 bridgehead atoms. The Morgan fingerprint density at radius 1 is 1.12 bits per heavy atom. The first-order chi connectivity index (χ1) is 16.5. The number of rotatable bonds is 7. The highest BCUT2D eigenvalue weighted by atomic mass is 16.4. The van der Waals surface area contributed by atoms with E-state index < -0.39 is 6.09 Å². The molecule has 0 radical (unpaired) electrons. The lowest BCUT2D eigenvalue weighted by Gasteiger charge is -2.35. The Bertz CT molecular complexity index is 1200. The van der Waals surface area contributed by atoms with E-state index >= 15 is 0 Å². The summed E-state index contributed by atoms with van der Waals surface area (Å²) in [6, 6.07) is 8.13. The normalized spacial score (nSPS) is 26.2. The van der Waals surface area contributed by atoms with Crippen molar-refractivity contribution in [2.45, 2.75) is 50.2 Å². The van der Waals surface area contributed by atoms with E-state index in [1.807, 2.05) is 12.4 Å². The molecule has 2 N–H and O–H groups in total. The van der Waals surface area contributed by atoms with Gasteiger partial charge in [0, 0.05) is 49.2 Å². The first-order valence-corrected chi connectivity index (χ1v) is 12.3. The van der Waals surface area contributed by atoms with Crippen molar-refractivity contribution in [2.75, 3.05) is 31.6 Å². The van der Waals surface area contributed by atoms with E-state index in [-0.39, 0.29) is 0 Å². The standard InChI is InChI=1S/C25H31N7O2/c1-30-14-21-9-20(30)15-31(21)18-4-5-22-23(10-18)29-24(12-27-22)17-11-28-32(13-17)19-7-16(8-19)3-2-6-26-25(33)34/h4-5,10-13,16,19-21,26H,2-3,6-9,14-15H2,1H3,(H,33,34)/t16?,19?,20-,21-/m1/s1. The van der Waals surface area contributed by atoms with E-state index in [1.54, 1.807) is 0 Å². The minimum atomic E-state index is -0.945. The summed E-state index contributed by atoms with van der Waals surface area (Å²) in [4.78, 5) is 25.1. The number of likely N-dealkylation sites (N-methyl/N-ethyl adjacent to an activating group) is 1. The predicted octanol–water partition coefficient (Wildman–Crippen LogP) is 3.38. The third kappa shape index (κ3) is 3.98. The fourth-order valence-electron chi connectivity index (χ4n) is 5.91. The zero-order valence-corrected chi connectivity index (χ0v) is 19.5. The number of amides is 1. The monoisotopic (exact) mass is 461 g/mol. The lowest BCUT2D eigenvalue weighted by molar-refractivity contribution is 0.168. The molecule has 2 atom stereocenters. The van der Waals surface area contributed by atoms with Crippen molar-refractivity contribution in [3.8, 4) is 11.3 Å². The lowest BCUT2D eigenvalue weighted by atomic mass is 9.77. The van der Waals surface area contributed by atoms with Gasteiger partial charge in [-0.15, -0.1) is 0 Å². The zero-order chi connectivity index (χ0) is 23.2. The molecule has 1 aromatic carbocycles. The number of nitrogens with zero attached hydrogens (tertiary/aromatic N) is 6. The Morgan fingerprint density at radius 2 is 2.00 bits per heavy atom. The number of aromatic nitrogens is 4. The van der Waals surface area contributed by atoms with Crippen LogP contribution in [0, 0.1) is 5.92 Å². The van der Waals surface area contributed by atoms with Crippen LogP contribution in [0.5, 0.6) is 0 Å². The maximum absolute atomic E-state index is 10.5. The minimum Gasteiger partial charge on any atom is -0.465 e. The number of nitrogens with one attached hydrogen (secondary N) is 1. The Kier molecular flexibility index (Phi) is 5.36. The molecule has 2 aliphatic heterocycles. The van der Waals surface area contributed by atoms with Gasteiger partial charge in [-0.25, -0.2) is 9.78 Å². The Morgan fingerprint density at radius 3 is 2.76 bits per heavy atom. The first kappa shape index (κ1) is 21.3. The maximum atomic E-state index is 10.5. The van der Waals surface area contributed by atoms with Crippen LogP contribution in [0.4, 0.5) is 10.5 Å². The van der Waals surface area contributed by atoms with Gasteiger partial charge in [-0.05, 0) is 63.3 Å². The van der Waals surface area contributed by atoms with Crippen LogP contribution in [-0.2, 0) is 0 Å². The number of hydrogen-bond acceptors (Lipinski definition) is 6. The third-order valence-electron chi connectivity index (χ3n) is 7.92. The predicted molar refractivity (Wildman–Crippen MR) is 130 cm³/mol. The van der Waals surface area contributed by atoms with Crippen molar-refractivity contribution in [3.05, 3.63) is 36.8 Å². The molecular weight excluding hydrogens is 430 g/mol. The van der Waals surface area contributed by atoms with Gasteiger partial charge < -0.3 is 15.3 Å². The summed E-state index contributed by atoms with van der Waals surface area (Å²) in [5.74, 6) is 0.646. The summed E-state index contributed by atoms with van der Waals surface area (Å²) in [5, 5.41) is 15.7. The van der Waals surface area contributed by atoms with E-state index in [9.17, 15) is 4.79 Å². The van der Waals surface area contributed by atoms with E-state index in [0.29, 0.717) is 30.6 Å². The smallest absolute Gasteiger partial charge is 0.404 e. The quantitative estimate of drug-likeness (QED) is 0.520. The van der Waals surface area contributed by atoms with Crippen LogP contribution in [0.2, 0.25) is 0 Å². The summed E-state index contributed by atoms with van der Waals surface area (Å²) in [7, 11) is 2.23. The average molecular weight is 462 g/mol. The molecule has 3 aliphatic rings. The topological polar surface area (TPSA) is 99.4 Å². The third-order valence-corrected chi connectivity index (χ3v) is 7.92. The second-order valence-corrected chi connectivity index (χ2v) is 10.1. The van der Waals surface area contributed by atoms with Crippen LogP contribution in [0.3, 0.4) is 0 Å². The van der Waals surface area contributed by atoms with Crippen molar-refractivity contribution in [2.24, 2.45) is 5.92 Å². The zero-order valence-electron chi connectivity index (χ0n) is 19.5. The largest absolute Gasteiger partial charge is 0.465 e. The first-order valence-electron chi connectivity index (χ1n) is 12.3. The molecule has 0 unspecified atom stereocenters. The van der Waals surface area contributed by atoms with Gasteiger partial charge in [0.05, 0.1) is 35.2 Å². The van der Waals surface area contributed by atoms with E-state index in [1.165, 1.54) is 12.1 Å². The highest BCUT2D eigenvalue weighted by Gasteiger charge is 2.41. The van der Waals surface area contributed by atoms with Gasteiger partial charge in [0.15, 0.2) is 0 Å². The Balaban J connectivity index is 1.11. The van der Waals surface area contributed by atoms with Crippen LogP contribution in [-0.4, -0.2) is 74.6 Å². The van der Waals surface area contributed by atoms with Crippen molar-refractivity contribution < 1.29 is 9.90 Å². The summed E-state index contributed by atoms with van der Waals surface area (Å²) >= 11 is 0. The second kappa shape index (κ2) is 8.54. The summed E-state index contributed by atoms with van der Waals surface area (Å²) < 4.78 is 2.06. The van der Waals surface area contributed by atoms with Gasteiger partial charge in [-0.1, -0.05) is 0 Å². The van der Waals surface area contributed by atoms with Crippen molar-refractivity contribution >= 4 is 22.8 Å². The molecule has 1 amide bonds. The van der Waals surface area contributed by atoms with E-state index in [2.05, 4.69) is 61.3 Å². The maximum Gasteiger partial charge on any atom is 0.404 e. The number of benzene rings is 1. The van der Waals surface area contributed by atoms with E-state index in [0.717, 1.165) is 61.1 Å². The lowest BCUT2D eigenvalue weighted by Crippen LogP contribution is -2.44. The van der Waals surface area contributed by atoms with Crippen LogP contribution in [0.1, 0.15) is 38.1 Å². The number of likely N-dealkylation sites (tertiary alicyclic amines) is 1. The molecule has 0 spiro atoms. The molecule has 9 heteroatoms. The molecule has 178 valence electrons. The minimum absolute atomic E-state index is 0.412. The van der Waals surface area contributed by atoms with Crippen LogP contribution in [0.15, 0.2) is 36.8 Å². The van der Waals surface area contributed by atoms with Crippen LogP contribution >= 0.6 is 0 Å². The molecule has 3 fully saturated rings. The van der Waals surface area contributed by atoms with Gasteiger partial charge in [0.1, 0.15) is 0 Å². The molecule has 1 aliphatic carbocycles. The van der Waals surface area contributed by atoms with E-state index in [4.69, 9.17) is 10.1 Å². The SMILES string of the molecule is CN1C[C@H]2C[C@@H]1CN2c1ccc2ncc(-c3cnn(C4CC(CCCNC(=O)O)C4)c3)nc2c1. The number of anilines is 1. The van der Waals surface area contributed by atoms with Crippen molar-refractivity contribution in [3.63, 3.8) is 0 Å². The van der Waals surface area contributed by atoms with Gasteiger partial charge in [0.2, 0.25) is 0 Å². The molecular formula is C25H31N7O2. The summed E-state index contributed by atoms with van der Waals surface area (Å²) in [6.45, 7) is 2.75. The number of carboxylic acid groups (broad SMARTS) is 1. The number of fused-ring (bicyclic) bond motifs is 3. The van der Waals surface area contributed by atoms with Crippen molar-refractivity contribution in [1.82, 2.24) is 30.0 Å². The van der Waals surface area contributed by atoms with Crippen LogP contribution < -0.4 is 10.2 Å². The van der Waals surface area contributed by atoms with Crippen molar-refractivity contribution in [1.29, 1.82) is 0 Å².